The predicted molar refractivity (Wildman–Crippen MR) is 69.6 cm³/mol. The first kappa shape index (κ1) is 11.8. The number of carbonyl (C=O) groups excluding carboxylic acids is 1. The van der Waals surface area contributed by atoms with Crippen molar-refractivity contribution in [3.8, 4) is 0 Å². The lowest BCUT2D eigenvalue weighted by Gasteiger charge is -2.42. The Kier molecular flexibility index (Phi) is 2.77. The quantitative estimate of drug-likeness (QED) is 0.899. The standard InChI is InChI=1S/C13H15N5O/c1-18(12-14-16-17-15-12)11(19)13(8-5-9-13)10-6-3-2-4-7-10/h2-4,6-7H,5,8-9H2,1H3,(H,14,15,16,17). The van der Waals surface area contributed by atoms with E-state index in [0.717, 1.165) is 24.8 Å². The molecule has 1 saturated carbocycles. The highest BCUT2D eigenvalue weighted by Crippen LogP contribution is 2.45. The molecule has 1 aromatic heterocycles. The summed E-state index contributed by atoms with van der Waals surface area (Å²) in [5.74, 6) is 0.346. The molecule has 1 N–H and O–H groups in total. The number of nitrogens with one attached hydrogen (secondary N) is 1. The van der Waals surface area contributed by atoms with Crippen LogP contribution in [0.2, 0.25) is 0 Å². The fourth-order valence-electron chi connectivity index (χ4n) is 2.62. The van der Waals surface area contributed by atoms with Gasteiger partial charge in [0.05, 0.1) is 5.41 Å². The number of tetrazole rings is 1. The van der Waals surface area contributed by atoms with Crippen LogP contribution in [0.5, 0.6) is 0 Å². The van der Waals surface area contributed by atoms with E-state index in [1.54, 1.807) is 7.05 Å². The lowest BCUT2D eigenvalue weighted by atomic mass is 9.63. The second-order valence-electron chi connectivity index (χ2n) is 4.88. The van der Waals surface area contributed by atoms with Crippen molar-refractivity contribution in [3.63, 3.8) is 0 Å². The number of anilines is 1. The normalized spacial score (nSPS) is 16.7. The van der Waals surface area contributed by atoms with Crippen molar-refractivity contribution in [2.45, 2.75) is 24.7 Å². The molecular formula is C13H15N5O. The van der Waals surface area contributed by atoms with Gasteiger partial charge in [-0.2, -0.15) is 5.21 Å². The summed E-state index contributed by atoms with van der Waals surface area (Å²) in [7, 11) is 1.69. The molecule has 98 valence electrons. The first-order valence-electron chi connectivity index (χ1n) is 6.31. The Hall–Kier alpha value is -2.24. The van der Waals surface area contributed by atoms with Gasteiger partial charge < -0.3 is 0 Å². The number of rotatable bonds is 3. The van der Waals surface area contributed by atoms with Crippen LogP contribution in [0.4, 0.5) is 5.95 Å². The Bertz CT molecular complexity index is 562. The van der Waals surface area contributed by atoms with Crippen LogP contribution in [0.15, 0.2) is 30.3 Å². The SMILES string of the molecule is CN(C(=O)C1(c2ccccc2)CCC1)c1nn[nH]n1. The van der Waals surface area contributed by atoms with Crippen LogP contribution in [-0.4, -0.2) is 33.6 Å². The zero-order chi connectivity index (χ0) is 13.3. The minimum atomic E-state index is -0.420. The summed E-state index contributed by atoms with van der Waals surface area (Å²) in [4.78, 5) is 14.2. The largest absolute Gasteiger partial charge is 0.280 e. The molecule has 2 aromatic rings. The Morgan fingerprint density at radius 2 is 2.05 bits per heavy atom. The van der Waals surface area contributed by atoms with Crippen molar-refractivity contribution in [1.29, 1.82) is 0 Å². The van der Waals surface area contributed by atoms with Gasteiger partial charge in [-0.1, -0.05) is 41.9 Å². The van der Waals surface area contributed by atoms with Gasteiger partial charge in [-0.05, 0) is 23.6 Å². The van der Waals surface area contributed by atoms with Gasteiger partial charge in [0.15, 0.2) is 0 Å². The zero-order valence-electron chi connectivity index (χ0n) is 10.7. The first-order valence-corrected chi connectivity index (χ1v) is 6.31. The molecule has 3 rings (SSSR count). The van der Waals surface area contributed by atoms with Crippen LogP contribution in [0.25, 0.3) is 0 Å². The van der Waals surface area contributed by atoms with Gasteiger partial charge in [0, 0.05) is 7.05 Å². The molecule has 0 radical (unpaired) electrons. The van der Waals surface area contributed by atoms with E-state index in [2.05, 4.69) is 20.6 Å². The van der Waals surface area contributed by atoms with E-state index >= 15 is 0 Å². The smallest absolute Gasteiger partial charge is 0.272 e. The van der Waals surface area contributed by atoms with Gasteiger partial charge in [0.1, 0.15) is 0 Å². The molecule has 0 aliphatic heterocycles. The van der Waals surface area contributed by atoms with E-state index in [1.165, 1.54) is 4.90 Å². The highest BCUT2D eigenvalue weighted by atomic mass is 16.2. The maximum absolute atomic E-state index is 12.8. The highest BCUT2D eigenvalue weighted by molar-refractivity contribution is 6.00. The number of H-pyrrole nitrogens is 1. The van der Waals surface area contributed by atoms with Gasteiger partial charge in [-0.15, -0.1) is 5.10 Å². The molecule has 1 amide bonds. The summed E-state index contributed by atoms with van der Waals surface area (Å²) in [5.41, 5.74) is 0.651. The van der Waals surface area contributed by atoms with Crippen LogP contribution in [0.3, 0.4) is 0 Å². The summed E-state index contributed by atoms with van der Waals surface area (Å²) >= 11 is 0. The summed E-state index contributed by atoms with van der Waals surface area (Å²) in [6.07, 6.45) is 2.82. The second kappa shape index (κ2) is 4.46. The lowest BCUT2D eigenvalue weighted by Crippen LogP contribution is -2.50. The van der Waals surface area contributed by atoms with Gasteiger partial charge in [0.25, 0.3) is 5.95 Å². The van der Waals surface area contributed by atoms with Crippen LogP contribution in [0, 0.1) is 0 Å². The first-order chi connectivity index (χ1) is 9.24. The fraction of sp³-hybridized carbons (Fsp3) is 0.385. The molecule has 6 heteroatoms. The molecular weight excluding hydrogens is 242 g/mol. The van der Waals surface area contributed by atoms with E-state index in [1.807, 2.05) is 30.3 Å². The third-order valence-electron chi connectivity index (χ3n) is 3.88. The number of likely N-dealkylation sites (N-methyl/N-ethyl adjacent to an activating group) is 1. The molecule has 0 unspecified atom stereocenters. The van der Waals surface area contributed by atoms with Crippen molar-refractivity contribution < 1.29 is 4.79 Å². The Morgan fingerprint density at radius 1 is 1.32 bits per heavy atom. The molecule has 1 fully saturated rings. The topological polar surface area (TPSA) is 74.8 Å². The Labute approximate surface area is 110 Å². The van der Waals surface area contributed by atoms with Gasteiger partial charge >= 0.3 is 0 Å². The van der Waals surface area contributed by atoms with Crippen molar-refractivity contribution >= 4 is 11.9 Å². The molecule has 19 heavy (non-hydrogen) atoms. The maximum Gasteiger partial charge on any atom is 0.272 e. The fourth-order valence-corrected chi connectivity index (χ4v) is 2.62. The van der Waals surface area contributed by atoms with Crippen molar-refractivity contribution in [2.75, 3.05) is 11.9 Å². The van der Waals surface area contributed by atoms with Gasteiger partial charge in [-0.3, -0.25) is 9.69 Å². The monoisotopic (exact) mass is 257 g/mol. The summed E-state index contributed by atoms with van der Waals surface area (Å²) in [6, 6.07) is 9.93. The average molecular weight is 257 g/mol. The number of aromatic nitrogens is 4. The zero-order valence-corrected chi connectivity index (χ0v) is 10.7. The van der Waals surface area contributed by atoms with Crippen molar-refractivity contribution in [2.24, 2.45) is 0 Å². The van der Waals surface area contributed by atoms with Crippen LogP contribution >= 0.6 is 0 Å². The summed E-state index contributed by atoms with van der Waals surface area (Å²) < 4.78 is 0. The molecule has 6 nitrogen and oxygen atoms in total. The van der Waals surface area contributed by atoms with Crippen LogP contribution in [0.1, 0.15) is 24.8 Å². The van der Waals surface area contributed by atoms with Gasteiger partial charge in [0.2, 0.25) is 5.91 Å². The third-order valence-corrected chi connectivity index (χ3v) is 3.88. The maximum atomic E-state index is 12.8. The van der Waals surface area contributed by atoms with E-state index in [9.17, 15) is 4.79 Å². The molecule has 1 aliphatic carbocycles. The summed E-state index contributed by atoms with van der Waals surface area (Å²) in [6.45, 7) is 0. The lowest BCUT2D eigenvalue weighted by molar-refractivity contribution is -0.127. The number of hydrogen-bond acceptors (Lipinski definition) is 4. The van der Waals surface area contributed by atoms with E-state index in [4.69, 9.17) is 0 Å². The average Bonchev–Trinajstić information content (AvgIpc) is 2.91. The van der Waals surface area contributed by atoms with Crippen molar-refractivity contribution in [1.82, 2.24) is 20.6 Å². The molecule has 1 aromatic carbocycles. The number of aromatic amines is 1. The van der Waals surface area contributed by atoms with E-state index in [0.29, 0.717) is 5.95 Å². The molecule has 1 heterocycles. The Morgan fingerprint density at radius 3 is 2.58 bits per heavy atom. The number of nitrogens with zero attached hydrogens (tertiary/aromatic N) is 4. The minimum Gasteiger partial charge on any atom is -0.280 e. The molecule has 0 bridgehead atoms. The molecule has 1 aliphatic rings. The van der Waals surface area contributed by atoms with Gasteiger partial charge in [-0.25, -0.2) is 0 Å². The number of benzene rings is 1. The number of carbonyl (C=O) groups is 1. The number of amides is 1. The predicted octanol–water partition coefficient (Wildman–Crippen LogP) is 1.28. The molecule has 0 saturated heterocycles. The summed E-state index contributed by atoms with van der Waals surface area (Å²) in [5, 5.41) is 13.6. The van der Waals surface area contributed by atoms with Crippen LogP contribution in [-0.2, 0) is 10.2 Å². The number of hydrogen-bond donors (Lipinski definition) is 1. The molecule has 0 atom stereocenters. The van der Waals surface area contributed by atoms with E-state index < -0.39 is 5.41 Å². The van der Waals surface area contributed by atoms with E-state index in [-0.39, 0.29) is 5.91 Å². The third kappa shape index (κ3) is 1.80. The van der Waals surface area contributed by atoms with Crippen molar-refractivity contribution in [3.05, 3.63) is 35.9 Å². The Balaban J connectivity index is 1.93. The second-order valence-corrected chi connectivity index (χ2v) is 4.88. The highest BCUT2D eigenvalue weighted by Gasteiger charge is 2.47. The molecule has 0 spiro atoms. The van der Waals surface area contributed by atoms with Crippen LogP contribution < -0.4 is 4.90 Å². The minimum absolute atomic E-state index is 0.0337.